The standard InChI is InChI=1S/C16H17ClFN3O5S2/c1-19-27(23,24)13-5-6-15(18)14(10-13)16(22)20-7-8-21-28(25,26)12-4-2-3-11(17)9-12/h2-6,9-10,19,21H,7-8H2,1H3,(H,20,22). The van der Waals surface area contributed by atoms with E-state index in [2.05, 4.69) is 14.8 Å². The van der Waals surface area contributed by atoms with Crippen LogP contribution in [0.3, 0.4) is 0 Å². The van der Waals surface area contributed by atoms with Crippen LogP contribution in [0.25, 0.3) is 0 Å². The molecule has 0 aliphatic heterocycles. The van der Waals surface area contributed by atoms with Crippen LogP contribution in [-0.4, -0.2) is 42.9 Å². The second kappa shape index (κ2) is 8.97. The molecule has 0 saturated carbocycles. The minimum absolute atomic E-state index is 0.0395. The Morgan fingerprint density at radius 1 is 1.00 bits per heavy atom. The van der Waals surface area contributed by atoms with Crippen LogP contribution in [0.4, 0.5) is 4.39 Å². The van der Waals surface area contributed by atoms with Crippen molar-refractivity contribution in [1.82, 2.24) is 14.8 Å². The molecular formula is C16H17ClFN3O5S2. The van der Waals surface area contributed by atoms with E-state index in [1.807, 2.05) is 0 Å². The summed E-state index contributed by atoms with van der Waals surface area (Å²) in [7, 11) is -6.49. The molecule has 3 N–H and O–H groups in total. The number of carbonyl (C=O) groups is 1. The summed E-state index contributed by atoms with van der Waals surface area (Å²) < 4.78 is 66.0. The molecule has 2 aromatic carbocycles. The average Bonchev–Trinajstić information content (AvgIpc) is 2.65. The molecule has 0 bridgehead atoms. The molecule has 28 heavy (non-hydrogen) atoms. The van der Waals surface area contributed by atoms with Crippen LogP contribution in [0.15, 0.2) is 52.3 Å². The number of benzene rings is 2. The van der Waals surface area contributed by atoms with Crippen LogP contribution < -0.4 is 14.8 Å². The van der Waals surface area contributed by atoms with Gasteiger partial charge in [0.25, 0.3) is 5.91 Å². The number of hydrogen-bond donors (Lipinski definition) is 3. The van der Waals surface area contributed by atoms with Crippen molar-refractivity contribution in [2.75, 3.05) is 20.1 Å². The van der Waals surface area contributed by atoms with Crippen molar-refractivity contribution in [3.63, 3.8) is 0 Å². The summed E-state index contributed by atoms with van der Waals surface area (Å²) in [5, 5.41) is 2.58. The second-order valence-electron chi connectivity index (χ2n) is 5.46. The second-order valence-corrected chi connectivity index (χ2v) is 9.55. The van der Waals surface area contributed by atoms with E-state index in [9.17, 15) is 26.0 Å². The summed E-state index contributed by atoms with van der Waals surface area (Å²) in [5.41, 5.74) is -0.478. The smallest absolute Gasteiger partial charge is 0.254 e. The number of hydrogen-bond acceptors (Lipinski definition) is 5. The number of amides is 1. The van der Waals surface area contributed by atoms with E-state index in [1.54, 1.807) is 0 Å². The molecule has 0 aliphatic rings. The molecule has 12 heteroatoms. The highest BCUT2D eigenvalue weighted by Gasteiger charge is 2.18. The molecule has 0 unspecified atom stereocenters. The van der Waals surface area contributed by atoms with Gasteiger partial charge in [-0.3, -0.25) is 4.79 Å². The molecular weight excluding hydrogens is 433 g/mol. The van der Waals surface area contributed by atoms with Crippen LogP contribution >= 0.6 is 11.6 Å². The van der Waals surface area contributed by atoms with Crippen LogP contribution in [0.2, 0.25) is 5.02 Å². The van der Waals surface area contributed by atoms with E-state index >= 15 is 0 Å². The summed E-state index contributed by atoms with van der Waals surface area (Å²) in [6.07, 6.45) is 0. The van der Waals surface area contributed by atoms with Gasteiger partial charge >= 0.3 is 0 Å². The van der Waals surface area contributed by atoms with Gasteiger partial charge in [0.05, 0.1) is 15.4 Å². The molecule has 0 aromatic heterocycles. The summed E-state index contributed by atoms with van der Waals surface area (Å²) in [6, 6.07) is 8.41. The zero-order valence-electron chi connectivity index (χ0n) is 14.6. The zero-order chi connectivity index (χ0) is 20.9. The normalized spacial score (nSPS) is 12.0. The summed E-state index contributed by atoms with van der Waals surface area (Å²) in [6.45, 7) is -0.322. The predicted molar refractivity (Wildman–Crippen MR) is 102 cm³/mol. The molecule has 0 spiro atoms. The molecule has 2 aromatic rings. The van der Waals surface area contributed by atoms with Gasteiger partial charge < -0.3 is 5.32 Å². The number of sulfonamides is 2. The fourth-order valence-electron chi connectivity index (χ4n) is 2.14. The van der Waals surface area contributed by atoms with Crippen LogP contribution in [-0.2, 0) is 20.0 Å². The first-order chi connectivity index (χ1) is 13.1. The van der Waals surface area contributed by atoms with Gasteiger partial charge in [-0.25, -0.2) is 30.7 Å². The van der Waals surface area contributed by atoms with E-state index in [-0.39, 0.29) is 27.9 Å². The first-order valence-electron chi connectivity index (χ1n) is 7.83. The van der Waals surface area contributed by atoms with Gasteiger partial charge in [0.1, 0.15) is 5.82 Å². The summed E-state index contributed by atoms with van der Waals surface area (Å²) >= 11 is 5.76. The Balaban J connectivity index is 2.00. The molecule has 0 radical (unpaired) electrons. The first kappa shape index (κ1) is 22.2. The number of carbonyl (C=O) groups excluding carboxylic acids is 1. The largest absolute Gasteiger partial charge is 0.351 e. The monoisotopic (exact) mass is 449 g/mol. The zero-order valence-corrected chi connectivity index (χ0v) is 17.0. The average molecular weight is 450 g/mol. The third-order valence-corrected chi connectivity index (χ3v) is 6.68. The molecule has 0 atom stereocenters. The van der Waals surface area contributed by atoms with Gasteiger partial charge in [0.2, 0.25) is 20.0 Å². The Labute approximate surface area is 167 Å². The van der Waals surface area contributed by atoms with E-state index in [1.165, 1.54) is 31.3 Å². The predicted octanol–water partition coefficient (Wildman–Crippen LogP) is 1.10. The summed E-state index contributed by atoms with van der Waals surface area (Å²) in [4.78, 5) is 11.8. The van der Waals surface area contributed by atoms with E-state index < -0.39 is 37.3 Å². The van der Waals surface area contributed by atoms with Crippen molar-refractivity contribution in [3.8, 4) is 0 Å². The lowest BCUT2D eigenvalue weighted by Crippen LogP contribution is -2.35. The van der Waals surface area contributed by atoms with Crippen LogP contribution in [0, 0.1) is 5.82 Å². The Hall–Kier alpha value is -2.05. The Kier molecular flexibility index (Phi) is 7.12. The van der Waals surface area contributed by atoms with E-state index in [4.69, 9.17) is 11.6 Å². The maximum Gasteiger partial charge on any atom is 0.254 e. The van der Waals surface area contributed by atoms with E-state index in [0.717, 1.165) is 18.2 Å². The van der Waals surface area contributed by atoms with E-state index in [0.29, 0.717) is 0 Å². The molecule has 152 valence electrons. The first-order valence-corrected chi connectivity index (χ1v) is 11.2. The van der Waals surface area contributed by atoms with Gasteiger partial charge in [-0.05, 0) is 43.4 Å². The highest BCUT2D eigenvalue weighted by atomic mass is 35.5. The third kappa shape index (κ3) is 5.49. The fourth-order valence-corrected chi connectivity index (χ4v) is 4.23. The van der Waals surface area contributed by atoms with Crippen molar-refractivity contribution in [2.45, 2.75) is 9.79 Å². The quantitative estimate of drug-likeness (QED) is 0.521. The Morgan fingerprint density at radius 2 is 1.68 bits per heavy atom. The van der Waals surface area contributed by atoms with Crippen LogP contribution in [0.5, 0.6) is 0 Å². The number of nitrogens with one attached hydrogen (secondary N) is 3. The Morgan fingerprint density at radius 3 is 2.32 bits per heavy atom. The van der Waals surface area contributed by atoms with Gasteiger partial charge in [0.15, 0.2) is 0 Å². The number of rotatable bonds is 8. The van der Waals surface area contributed by atoms with Crippen molar-refractivity contribution in [2.24, 2.45) is 0 Å². The highest BCUT2D eigenvalue weighted by molar-refractivity contribution is 7.89. The molecule has 0 aliphatic carbocycles. The van der Waals surface area contributed by atoms with Crippen molar-refractivity contribution >= 4 is 37.6 Å². The third-order valence-electron chi connectivity index (χ3n) is 3.57. The molecule has 2 rings (SSSR count). The highest BCUT2D eigenvalue weighted by Crippen LogP contribution is 2.16. The molecule has 0 heterocycles. The Bertz CT molecular complexity index is 1090. The lowest BCUT2D eigenvalue weighted by molar-refractivity contribution is 0.0950. The maximum atomic E-state index is 13.9. The molecule has 0 saturated heterocycles. The van der Waals surface area contributed by atoms with Crippen LogP contribution in [0.1, 0.15) is 10.4 Å². The van der Waals surface area contributed by atoms with Crippen molar-refractivity contribution in [3.05, 3.63) is 58.9 Å². The fraction of sp³-hybridized carbons (Fsp3) is 0.188. The van der Waals surface area contributed by atoms with Crippen molar-refractivity contribution < 1.29 is 26.0 Å². The lowest BCUT2D eigenvalue weighted by atomic mass is 10.2. The van der Waals surface area contributed by atoms with Gasteiger partial charge in [0, 0.05) is 18.1 Å². The maximum absolute atomic E-state index is 13.9. The lowest BCUT2D eigenvalue weighted by Gasteiger charge is -2.10. The molecule has 8 nitrogen and oxygen atoms in total. The van der Waals surface area contributed by atoms with Gasteiger partial charge in [-0.2, -0.15) is 0 Å². The van der Waals surface area contributed by atoms with Gasteiger partial charge in [-0.15, -0.1) is 0 Å². The van der Waals surface area contributed by atoms with Crippen molar-refractivity contribution in [1.29, 1.82) is 0 Å². The minimum Gasteiger partial charge on any atom is -0.351 e. The minimum atomic E-state index is -3.85. The topological polar surface area (TPSA) is 121 Å². The summed E-state index contributed by atoms with van der Waals surface area (Å²) in [5.74, 6) is -1.79. The SMILES string of the molecule is CNS(=O)(=O)c1ccc(F)c(C(=O)NCCNS(=O)(=O)c2cccc(Cl)c2)c1. The number of halogens is 2. The van der Waals surface area contributed by atoms with Gasteiger partial charge in [-0.1, -0.05) is 17.7 Å². The molecule has 0 fully saturated rings. The molecule has 1 amide bonds.